The molecule has 0 radical (unpaired) electrons. The maximum absolute atomic E-state index is 6.20. The molecule has 4 aromatic carbocycles. The number of rotatable bonds is 4. The summed E-state index contributed by atoms with van der Waals surface area (Å²) in [5, 5.41) is 5.21. The molecule has 2 aliphatic rings. The van der Waals surface area contributed by atoms with Gasteiger partial charge in [0.15, 0.2) is 0 Å². The van der Waals surface area contributed by atoms with Crippen molar-refractivity contribution >= 4 is 32.7 Å². The first-order chi connectivity index (χ1) is 19.1. The van der Waals surface area contributed by atoms with Crippen molar-refractivity contribution in [2.75, 3.05) is 0 Å². The van der Waals surface area contributed by atoms with E-state index >= 15 is 0 Å². The van der Waals surface area contributed by atoms with Crippen LogP contribution in [0.4, 0.5) is 0 Å². The van der Waals surface area contributed by atoms with E-state index in [1.807, 2.05) is 13.8 Å². The fourth-order valence-electron chi connectivity index (χ4n) is 6.41. The fraction of sp³-hybridized carbons (Fsp3) is 0.111. The molecule has 0 amide bonds. The predicted molar refractivity (Wildman–Crippen MR) is 154 cm³/mol. The topological polar surface area (TPSA) is 26.3 Å². The number of aryl methyl sites for hydroxylation is 2. The average molecular weight is 669 g/mol. The second kappa shape index (κ2) is 8.93. The van der Waals surface area contributed by atoms with Crippen molar-refractivity contribution in [1.29, 1.82) is 0 Å². The third-order valence-electron chi connectivity index (χ3n) is 8.17. The molecule has 8 rings (SSSR count). The van der Waals surface area contributed by atoms with E-state index in [0.717, 1.165) is 23.0 Å². The SMILES string of the molecule is Cc1ccc(C2=C[CH]([Hf][CH]3C=C(c4ccc(C)o4)c4c3ccc3ccccc43)c3ccc4ccccc4c32)o1. The normalized spacial score (nSPS) is 17.8. The van der Waals surface area contributed by atoms with Crippen LogP contribution >= 0.6 is 0 Å². The molecule has 2 atom stereocenters. The van der Waals surface area contributed by atoms with Gasteiger partial charge in [0.05, 0.1) is 0 Å². The quantitative estimate of drug-likeness (QED) is 0.175. The van der Waals surface area contributed by atoms with Crippen LogP contribution in [0.2, 0.25) is 0 Å². The van der Waals surface area contributed by atoms with Crippen molar-refractivity contribution in [2.24, 2.45) is 0 Å². The standard InChI is InChI=1S/2C18H13O.Hf/c2*1-12-6-11-17(19-12)16-10-9-14-8-7-13-4-2-3-5-15(13)18(14)16;/h2*2-11H,1H3;. The summed E-state index contributed by atoms with van der Waals surface area (Å²) in [6.07, 6.45) is 5.06. The Bertz CT molecular complexity index is 1840. The van der Waals surface area contributed by atoms with Crippen molar-refractivity contribution < 1.29 is 31.7 Å². The summed E-state index contributed by atoms with van der Waals surface area (Å²) in [6, 6.07) is 35.3. The molecule has 2 unspecified atom stereocenters. The van der Waals surface area contributed by atoms with Crippen molar-refractivity contribution in [1.82, 2.24) is 0 Å². The number of fused-ring (bicyclic) bond motifs is 6. The van der Waals surface area contributed by atoms with Gasteiger partial charge in [-0.25, -0.2) is 0 Å². The molecular weight excluding hydrogens is 643 g/mol. The summed E-state index contributed by atoms with van der Waals surface area (Å²) >= 11 is -1.35. The first kappa shape index (κ1) is 23.2. The Balaban J connectivity index is 1.28. The second-order valence-corrected chi connectivity index (χ2v) is 16.3. The van der Waals surface area contributed by atoms with Crippen LogP contribution in [0.3, 0.4) is 0 Å². The van der Waals surface area contributed by atoms with Crippen molar-refractivity contribution in [2.45, 2.75) is 21.2 Å². The van der Waals surface area contributed by atoms with Gasteiger partial charge in [-0.2, -0.15) is 0 Å². The van der Waals surface area contributed by atoms with Crippen molar-refractivity contribution in [3.63, 3.8) is 0 Å². The molecule has 2 aliphatic carbocycles. The van der Waals surface area contributed by atoms with Gasteiger partial charge in [-0.3, -0.25) is 0 Å². The van der Waals surface area contributed by atoms with Gasteiger partial charge < -0.3 is 0 Å². The molecular formula is C36H26HfO2. The molecule has 0 spiro atoms. The zero-order valence-electron chi connectivity index (χ0n) is 21.9. The second-order valence-electron chi connectivity index (χ2n) is 10.6. The van der Waals surface area contributed by atoms with Crippen LogP contribution in [0.25, 0.3) is 32.7 Å². The van der Waals surface area contributed by atoms with Crippen LogP contribution in [0.5, 0.6) is 0 Å². The Labute approximate surface area is 239 Å². The molecule has 0 bridgehead atoms. The Morgan fingerprint density at radius 3 is 1.41 bits per heavy atom. The van der Waals surface area contributed by atoms with E-state index in [2.05, 4.69) is 109 Å². The Morgan fingerprint density at radius 2 is 0.974 bits per heavy atom. The zero-order chi connectivity index (χ0) is 26.1. The van der Waals surface area contributed by atoms with E-state index in [9.17, 15) is 0 Å². The zero-order valence-corrected chi connectivity index (χ0v) is 25.5. The van der Waals surface area contributed by atoms with Gasteiger partial charge in [-0.05, 0) is 0 Å². The molecule has 6 aromatic rings. The molecule has 39 heavy (non-hydrogen) atoms. The number of furan rings is 2. The number of allylic oxidation sites excluding steroid dienone is 2. The third kappa shape index (κ3) is 3.71. The first-order valence-electron chi connectivity index (χ1n) is 13.5. The third-order valence-corrected chi connectivity index (χ3v) is 14.2. The van der Waals surface area contributed by atoms with E-state index in [-0.39, 0.29) is 0 Å². The van der Waals surface area contributed by atoms with Crippen LogP contribution < -0.4 is 0 Å². The predicted octanol–water partition coefficient (Wildman–Crippen LogP) is 9.55. The first-order valence-corrected chi connectivity index (χ1v) is 17.7. The summed E-state index contributed by atoms with van der Waals surface area (Å²) < 4.78 is 13.4. The number of benzene rings is 4. The maximum atomic E-state index is 6.20. The van der Waals surface area contributed by atoms with E-state index in [4.69, 9.17) is 8.83 Å². The Kier molecular flexibility index (Phi) is 5.31. The van der Waals surface area contributed by atoms with Crippen LogP contribution in [0, 0.1) is 13.8 Å². The molecule has 0 saturated heterocycles. The van der Waals surface area contributed by atoms with Gasteiger partial charge in [0, 0.05) is 0 Å². The minimum atomic E-state index is -1.35. The summed E-state index contributed by atoms with van der Waals surface area (Å²) in [5.41, 5.74) is 8.19. The van der Waals surface area contributed by atoms with Crippen LogP contribution in [-0.4, -0.2) is 0 Å². The molecule has 3 heteroatoms. The summed E-state index contributed by atoms with van der Waals surface area (Å²) in [4.78, 5) is 0. The van der Waals surface area contributed by atoms with Crippen molar-refractivity contribution in [3.8, 4) is 0 Å². The van der Waals surface area contributed by atoms with Crippen LogP contribution in [0.15, 0.2) is 118 Å². The Hall–Kier alpha value is -3.69. The van der Waals surface area contributed by atoms with Gasteiger partial charge in [0.2, 0.25) is 0 Å². The molecule has 0 aliphatic heterocycles. The summed E-state index contributed by atoms with van der Waals surface area (Å²) in [5.74, 6) is 3.88. The van der Waals surface area contributed by atoms with E-state index < -0.39 is 22.9 Å². The molecule has 2 heterocycles. The molecule has 2 nitrogen and oxygen atoms in total. The van der Waals surface area contributed by atoms with Crippen molar-refractivity contribution in [3.05, 3.63) is 155 Å². The van der Waals surface area contributed by atoms with Gasteiger partial charge in [-0.15, -0.1) is 0 Å². The molecule has 186 valence electrons. The van der Waals surface area contributed by atoms with Gasteiger partial charge in [0.25, 0.3) is 0 Å². The number of hydrogen-bond acceptors (Lipinski definition) is 2. The van der Waals surface area contributed by atoms with Gasteiger partial charge in [0.1, 0.15) is 0 Å². The van der Waals surface area contributed by atoms with Gasteiger partial charge >= 0.3 is 240 Å². The Morgan fingerprint density at radius 1 is 0.513 bits per heavy atom. The van der Waals surface area contributed by atoms with E-state index in [0.29, 0.717) is 7.35 Å². The van der Waals surface area contributed by atoms with E-state index in [1.165, 1.54) is 54.9 Å². The fourth-order valence-corrected chi connectivity index (χ4v) is 12.7. The summed E-state index contributed by atoms with van der Waals surface area (Å²) in [6.45, 7) is 4.06. The van der Waals surface area contributed by atoms with Crippen LogP contribution in [0.1, 0.15) is 52.6 Å². The van der Waals surface area contributed by atoms with E-state index in [1.54, 1.807) is 0 Å². The number of hydrogen-bond donors (Lipinski definition) is 0. The molecule has 0 saturated carbocycles. The van der Waals surface area contributed by atoms with Gasteiger partial charge in [-0.1, -0.05) is 0 Å². The molecule has 0 N–H and O–H groups in total. The average Bonchev–Trinajstić information content (AvgIpc) is 3.74. The molecule has 0 fully saturated rings. The monoisotopic (exact) mass is 670 g/mol. The minimum absolute atomic E-state index is 0.475. The van der Waals surface area contributed by atoms with Crippen LogP contribution in [-0.2, 0) is 22.9 Å². The summed E-state index contributed by atoms with van der Waals surface area (Å²) in [7, 11) is 0. The molecule has 2 aromatic heterocycles.